The van der Waals surface area contributed by atoms with E-state index < -0.39 is 0 Å². The molecule has 1 aromatic carbocycles. The summed E-state index contributed by atoms with van der Waals surface area (Å²) in [5, 5.41) is 3.18. The summed E-state index contributed by atoms with van der Waals surface area (Å²) in [5.74, 6) is -0.188. The highest BCUT2D eigenvalue weighted by atomic mass is 16.1. The maximum Gasteiger partial charge on any atom is 0.222 e. The number of nitrogens with zero attached hydrogens (tertiary/aromatic N) is 1. The SMILES string of the molecule is CNCc1ccccc1N1CCCC(C(N)=O)C1. The molecule has 4 nitrogen and oxygen atoms in total. The molecular weight excluding hydrogens is 226 g/mol. The van der Waals surface area contributed by atoms with Crippen LogP contribution in [0.5, 0.6) is 0 Å². The molecule has 1 fully saturated rings. The molecule has 3 N–H and O–H groups in total. The van der Waals surface area contributed by atoms with Crippen molar-refractivity contribution in [2.45, 2.75) is 19.4 Å². The number of rotatable bonds is 4. The van der Waals surface area contributed by atoms with Crippen molar-refractivity contribution in [1.29, 1.82) is 0 Å². The second-order valence-electron chi connectivity index (χ2n) is 4.85. The molecule has 1 unspecified atom stereocenters. The molecule has 98 valence electrons. The predicted octanol–water partition coefficient (Wildman–Crippen LogP) is 1.11. The van der Waals surface area contributed by atoms with Gasteiger partial charge in [0, 0.05) is 25.3 Å². The summed E-state index contributed by atoms with van der Waals surface area (Å²) in [6, 6.07) is 8.34. The minimum Gasteiger partial charge on any atom is -0.370 e. The lowest BCUT2D eigenvalue weighted by Gasteiger charge is -2.34. The number of nitrogens with one attached hydrogen (secondary N) is 1. The third kappa shape index (κ3) is 2.82. The maximum atomic E-state index is 11.3. The fraction of sp³-hybridized carbons (Fsp3) is 0.500. The van der Waals surface area contributed by atoms with Crippen LogP contribution in [0.2, 0.25) is 0 Å². The van der Waals surface area contributed by atoms with Gasteiger partial charge >= 0.3 is 0 Å². The van der Waals surface area contributed by atoms with Crippen LogP contribution in [0.25, 0.3) is 0 Å². The molecule has 4 heteroatoms. The van der Waals surface area contributed by atoms with E-state index in [1.807, 2.05) is 19.2 Å². The zero-order valence-corrected chi connectivity index (χ0v) is 10.9. The van der Waals surface area contributed by atoms with E-state index in [9.17, 15) is 4.79 Å². The highest BCUT2D eigenvalue weighted by molar-refractivity contribution is 5.77. The van der Waals surface area contributed by atoms with Crippen LogP contribution in [0.15, 0.2) is 24.3 Å². The number of amides is 1. The van der Waals surface area contributed by atoms with Crippen LogP contribution in [0, 0.1) is 5.92 Å². The van der Waals surface area contributed by atoms with Crippen LogP contribution in [0.1, 0.15) is 18.4 Å². The van der Waals surface area contributed by atoms with Crippen LogP contribution in [-0.2, 0) is 11.3 Å². The van der Waals surface area contributed by atoms with Crippen molar-refractivity contribution in [2.75, 3.05) is 25.0 Å². The number of benzene rings is 1. The van der Waals surface area contributed by atoms with Crippen molar-refractivity contribution in [3.8, 4) is 0 Å². The van der Waals surface area contributed by atoms with E-state index >= 15 is 0 Å². The number of piperidine rings is 1. The average molecular weight is 247 g/mol. The third-order valence-corrected chi connectivity index (χ3v) is 3.52. The number of carbonyl (C=O) groups excluding carboxylic acids is 1. The van der Waals surface area contributed by atoms with Crippen molar-refractivity contribution in [2.24, 2.45) is 11.7 Å². The number of carbonyl (C=O) groups is 1. The first-order valence-corrected chi connectivity index (χ1v) is 6.49. The van der Waals surface area contributed by atoms with E-state index in [1.165, 1.54) is 11.3 Å². The van der Waals surface area contributed by atoms with Crippen LogP contribution < -0.4 is 16.0 Å². The monoisotopic (exact) mass is 247 g/mol. The summed E-state index contributed by atoms with van der Waals surface area (Å²) in [5.41, 5.74) is 7.92. The Morgan fingerprint density at radius 2 is 2.28 bits per heavy atom. The van der Waals surface area contributed by atoms with Gasteiger partial charge in [-0.3, -0.25) is 4.79 Å². The minimum atomic E-state index is -0.175. The van der Waals surface area contributed by atoms with Crippen molar-refractivity contribution in [3.63, 3.8) is 0 Å². The number of hydrogen-bond donors (Lipinski definition) is 2. The Morgan fingerprint density at radius 1 is 1.50 bits per heavy atom. The quantitative estimate of drug-likeness (QED) is 0.838. The number of primary amides is 1. The van der Waals surface area contributed by atoms with Gasteiger partial charge in [0.05, 0.1) is 5.92 Å². The largest absolute Gasteiger partial charge is 0.370 e. The van der Waals surface area contributed by atoms with Crippen molar-refractivity contribution in [3.05, 3.63) is 29.8 Å². The van der Waals surface area contributed by atoms with E-state index in [2.05, 4.69) is 22.3 Å². The second kappa shape index (κ2) is 5.87. The highest BCUT2D eigenvalue weighted by Crippen LogP contribution is 2.26. The Bertz CT molecular complexity index is 419. The summed E-state index contributed by atoms with van der Waals surface area (Å²) in [7, 11) is 1.94. The van der Waals surface area contributed by atoms with Gasteiger partial charge in [0.2, 0.25) is 5.91 Å². The molecule has 1 aliphatic heterocycles. The summed E-state index contributed by atoms with van der Waals surface area (Å²) in [4.78, 5) is 13.6. The lowest BCUT2D eigenvalue weighted by Crippen LogP contribution is -2.41. The Labute approximate surface area is 108 Å². The molecule has 0 aromatic heterocycles. The molecule has 1 heterocycles. The van der Waals surface area contributed by atoms with Gasteiger partial charge in [-0.1, -0.05) is 18.2 Å². The number of hydrogen-bond acceptors (Lipinski definition) is 3. The first-order valence-electron chi connectivity index (χ1n) is 6.49. The van der Waals surface area contributed by atoms with Crippen LogP contribution >= 0.6 is 0 Å². The van der Waals surface area contributed by atoms with Gasteiger partial charge in [-0.25, -0.2) is 0 Å². The fourth-order valence-electron chi connectivity index (χ4n) is 2.59. The first kappa shape index (κ1) is 12.9. The second-order valence-corrected chi connectivity index (χ2v) is 4.85. The highest BCUT2D eigenvalue weighted by Gasteiger charge is 2.24. The molecule has 0 aliphatic carbocycles. The predicted molar refractivity (Wildman–Crippen MR) is 73.3 cm³/mol. The number of nitrogens with two attached hydrogens (primary N) is 1. The van der Waals surface area contributed by atoms with Crippen LogP contribution in [0.3, 0.4) is 0 Å². The molecule has 1 aliphatic rings. The van der Waals surface area contributed by atoms with E-state index in [1.54, 1.807) is 0 Å². The summed E-state index contributed by atoms with van der Waals surface area (Å²) < 4.78 is 0. The first-order chi connectivity index (χ1) is 8.72. The Morgan fingerprint density at radius 3 is 3.00 bits per heavy atom. The van der Waals surface area contributed by atoms with Gasteiger partial charge in [0.25, 0.3) is 0 Å². The van der Waals surface area contributed by atoms with Gasteiger partial charge in [-0.05, 0) is 31.5 Å². The maximum absolute atomic E-state index is 11.3. The van der Waals surface area contributed by atoms with Gasteiger partial charge in [-0.2, -0.15) is 0 Å². The Balaban J connectivity index is 2.17. The van der Waals surface area contributed by atoms with E-state index in [0.29, 0.717) is 0 Å². The standard InChI is InChI=1S/C14H21N3O/c1-16-9-11-5-2-3-7-13(11)17-8-4-6-12(10-17)14(15)18/h2-3,5,7,12,16H,4,6,8-10H2,1H3,(H2,15,18). The number of para-hydroxylation sites is 1. The molecule has 0 bridgehead atoms. The van der Waals surface area contributed by atoms with Gasteiger partial charge in [0.1, 0.15) is 0 Å². The van der Waals surface area contributed by atoms with Gasteiger partial charge in [0.15, 0.2) is 0 Å². The van der Waals surface area contributed by atoms with Gasteiger partial charge in [-0.15, -0.1) is 0 Å². The molecule has 1 aromatic rings. The molecule has 0 saturated carbocycles. The summed E-state index contributed by atoms with van der Waals surface area (Å²) in [6.45, 7) is 2.59. The number of anilines is 1. The molecule has 0 radical (unpaired) electrons. The fourth-order valence-corrected chi connectivity index (χ4v) is 2.59. The van der Waals surface area contributed by atoms with Crippen molar-refractivity contribution in [1.82, 2.24) is 5.32 Å². The minimum absolute atomic E-state index is 0.0126. The third-order valence-electron chi connectivity index (χ3n) is 3.52. The van der Waals surface area contributed by atoms with Crippen LogP contribution in [0.4, 0.5) is 5.69 Å². The lowest BCUT2D eigenvalue weighted by atomic mass is 9.96. The molecule has 0 spiro atoms. The molecule has 1 amide bonds. The van der Waals surface area contributed by atoms with E-state index in [4.69, 9.17) is 5.73 Å². The zero-order chi connectivity index (χ0) is 13.0. The molecule has 1 atom stereocenters. The Hall–Kier alpha value is -1.55. The van der Waals surface area contributed by atoms with Gasteiger partial charge < -0.3 is 16.0 Å². The van der Waals surface area contributed by atoms with E-state index in [0.717, 1.165) is 32.5 Å². The smallest absolute Gasteiger partial charge is 0.222 e. The normalized spacial score (nSPS) is 19.8. The topological polar surface area (TPSA) is 58.4 Å². The van der Waals surface area contributed by atoms with Crippen molar-refractivity contribution < 1.29 is 4.79 Å². The molecular formula is C14H21N3O. The van der Waals surface area contributed by atoms with E-state index in [-0.39, 0.29) is 11.8 Å². The molecule has 18 heavy (non-hydrogen) atoms. The van der Waals surface area contributed by atoms with Crippen molar-refractivity contribution >= 4 is 11.6 Å². The molecule has 2 rings (SSSR count). The van der Waals surface area contributed by atoms with Crippen LogP contribution in [-0.4, -0.2) is 26.0 Å². The summed E-state index contributed by atoms with van der Waals surface area (Å²) >= 11 is 0. The Kier molecular flexibility index (Phi) is 4.20. The average Bonchev–Trinajstić information content (AvgIpc) is 2.40. The zero-order valence-electron chi connectivity index (χ0n) is 10.9. The lowest BCUT2D eigenvalue weighted by molar-refractivity contribution is -0.122. The summed E-state index contributed by atoms with van der Waals surface area (Å²) in [6.07, 6.45) is 1.95. The molecule has 1 saturated heterocycles.